The van der Waals surface area contributed by atoms with Gasteiger partial charge in [-0.15, -0.1) is 13.2 Å². The summed E-state index contributed by atoms with van der Waals surface area (Å²) in [6.45, 7) is 0. The van der Waals surface area contributed by atoms with Gasteiger partial charge in [-0.1, -0.05) is 6.08 Å². The number of benzene rings is 1. The van der Waals surface area contributed by atoms with Gasteiger partial charge in [0.05, 0.1) is 0 Å². The van der Waals surface area contributed by atoms with E-state index < -0.39 is 17.9 Å². The summed E-state index contributed by atoms with van der Waals surface area (Å²) < 4.78 is 54.2. The van der Waals surface area contributed by atoms with E-state index in [1.54, 1.807) is 0 Å². The second-order valence-electron chi connectivity index (χ2n) is 5.55. The smallest absolute Gasteiger partial charge is 0.406 e. The van der Waals surface area contributed by atoms with E-state index >= 15 is 0 Å². The highest BCUT2D eigenvalue weighted by molar-refractivity contribution is 5.69. The van der Waals surface area contributed by atoms with Crippen LogP contribution in [0.5, 0.6) is 5.75 Å². The molecule has 3 rings (SSSR count). The molecule has 2 atom stereocenters. The third kappa shape index (κ3) is 2.90. The van der Waals surface area contributed by atoms with Crippen LogP contribution in [0, 0.1) is 5.82 Å². The van der Waals surface area contributed by atoms with Crippen molar-refractivity contribution < 1.29 is 22.3 Å². The molecule has 2 nitrogen and oxygen atoms in total. The van der Waals surface area contributed by atoms with E-state index in [0.717, 1.165) is 37.0 Å². The van der Waals surface area contributed by atoms with Crippen molar-refractivity contribution in [2.24, 2.45) is 0 Å². The quantitative estimate of drug-likeness (QED) is 0.766. The highest BCUT2D eigenvalue weighted by Gasteiger charge is 2.35. The predicted octanol–water partition coefficient (Wildman–Crippen LogP) is 3.97. The average molecular weight is 301 g/mol. The maximum Gasteiger partial charge on any atom is 0.573 e. The van der Waals surface area contributed by atoms with E-state index in [-0.39, 0.29) is 0 Å². The molecule has 2 aliphatic heterocycles. The summed E-state index contributed by atoms with van der Waals surface area (Å²) in [7, 11) is 2.05. The number of fused-ring (bicyclic) bond motifs is 2. The summed E-state index contributed by atoms with van der Waals surface area (Å²) in [5, 5.41) is 0. The van der Waals surface area contributed by atoms with Gasteiger partial charge in [0.2, 0.25) is 0 Å². The molecule has 0 aromatic heterocycles. The average Bonchev–Trinajstić information content (AvgIpc) is 2.60. The molecule has 2 unspecified atom stereocenters. The Morgan fingerprint density at radius 3 is 2.62 bits per heavy atom. The molecule has 0 spiro atoms. The Balaban J connectivity index is 1.85. The molecular weight excluding hydrogens is 286 g/mol. The lowest BCUT2D eigenvalue weighted by Crippen LogP contribution is -2.34. The maximum atomic E-state index is 14.1. The van der Waals surface area contributed by atoms with E-state index in [1.165, 1.54) is 6.07 Å². The topological polar surface area (TPSA) is 12.5 Å². The molecule has 2 heterocycles. The Morgan fingerprint density at radius 1 is 1.24 bits per heavy atom. The molecular formula is C15H15F4NO. The Morgan fingerprint density at radius 2 is 2.00 bits per heavy atom. The molecule has 6 heteroatoms. The van der Waals surface area contributed by atoms with Crippen molar-refractivity contribution in [1.29, 1.82) is 0 Å². The molecule has 0 aliphatic carbocycles. The van der Waals surface area contributed by atoms with Gasteiger partial charge in [-0.3, -0.25) is 4.90 Å². The van der Waals surface area contributed by atoms with Crippen molar-refractivity contribution in [2.75, 3.05) is 7.05 Å². The minimum absolute atomic E-state index is 0.296. The van der Waals surface area contributed by atoms with Crippen LogP contribution in [0.1, 0.15) is 24.8 Å². The van der Waals surface area contributed by atoms with Crippen molar-refractivity contribution in [2.45, 2.75) is 37.7 Å². The third-order valence-electron chi connectivity index (χ3n) is 4.26. The van der Waals surface area contributed by atoms with Crippen LogP contribution in [0.15, 0.2) is 24.3 Å². The fraction of sp³-hybridized carbons (Fsp3) is 0.467. The minimum atomic E-state index is -4.81. The summed E-state index contributed by atoms with van der Waals surface area (Å²) in [4.78, 5) is 2.27. The number of nitrogens with zero attached hydrogens (tertiary/aromatic N) is 1. The molecule has 114 valence electrons. The normalized spacial score (nSPS) is 25.9. The first kappa shape index (κ1) is 14.4. The van der Waals surface area contributed by atoms with E-state index in [1.807, 2.05) is 13.1 Å². The monoisotopic (exact) mass is 301 g/mol. The van der Waals surface area contributed by atoms with Gasteiger partial charge >= 0.3 is 6.36 Å². The summed E-state index contributed by atoms with van der Waals surface area (Å²) in [5.41, 5.74) is 1.24. The van der Waals surface area contributed by atoms with Gasteiger partial charge in [0, 0.05) is 23.7 Å². The molecule has 2 aliphatic rings. The highest BCUT2D eigenvalue weighted by Crippen LogP contribution is 2.38. The number of ether oxygens (including phenoxy) is 1. The van der Waals surface area contributed by atoms with Crippen LogP contribution in [0.25, 0.3) is 5.57 Å². The zero-order valence-corrected chi connectivity index (χ0v) is 11.5. The molecule has 1 fully saturated rings. The second kappa shape index (κ2) is 5.02. The van der Waals surface area contributed by atoms with Gasteiger partial charge in [0.1, 0.15) is 11.6 Å². The highest BCUT2D eigenvalue weighted by atomic mass is 19.4. The summed E-state index contributed by atoms with van der Waals surface area (Å²) >= 11 is 0. The Hall–Kier alpha value is -1.56. The number of likely N-dealkylation sites (N-methyl/N-ethyl adjacent to an activating group) is 1. The first-order chi connectivity index (χ1) is 9.83. The summed E-state index contributed by atoms with van der Waals surface area (Å²) in [6.07, 6.45) is 0.0507. The molecule has 0 N–H and O–H groups in total. The number of halogens is 4. The predicted molar refractivity (Wildman–Crippen MR) is 70.3 cm³/mol. The van der Waals surface area contributed by atoms with Crippen LogP contribution >= 0.6 is 0 Å². The fourth-order valence-electron chi connectivity index (χ4n) is 3.20. The standard InChI is InChI=1S/C15H15F4NO/c1-20-10-2-3-11(20)7-9(6-10)13-5-4-12(8-14(13)16)21-15(17,18)19/h4-6,8,10-11H,2-3,7H2,1H3. The third-order valence-corrected chi connectivity index (χ3v) is 4.26. The van der Waals surface area contributed by atoms with Crippen LogP contribution in [0.2, 0.25) is 0 Å². The van der Waals surface area contributed by atoms with E-state index in [4.69, 9.17) is 0 Å². The first-order valence-corrected chi connectivity index (χ1v) is 6.82. The fourth-order valence-corrected chi connectivity index (χ4v) is 3.20. The SMILES string of the molecule is CN1C2C=C(c3ccc(OC(F)(F)F)cc3F)CC1CC2. The van der Waals surface area contributed by atoms with E-state index in [2.05, 4.69) is 9.64 Å². The van der Waals surface area contributed by atoms with Crippen molar-refractivity contribution >= 4 is 5.57 Å². The van der Waals surface area contributed by atoms with Gasteiger partial charge in [-0.2, -0.15) is 0 Å². The maximum absolute atomic E-state index is 14.1. The van der Waals surface area contributed by atoms with Crippen LogP contribution in [-0.2, 0) is 0 Å². The minimum Gasteiger partial charge on any atom is -0.406 e. The zero-order chi connectivity index (χ0) is 15.2. The molecule has 2 bridgehead atoms. The zero-order valence-electron chi connectivity index (χ0n) is 11.5. The second-order valence-corrected chi connectivity index (χ2v) is 5.55. The van der Waals surface area contributed by atoms with Crippen molar-refractivity contribution in [3.8, 4) is 5.75 Å². The summed E-state index contributed by atoms with van der Waals surface area (Å²) in [5.74, 6) is -1.20. The lowest BCUT2D eigenvalue weighted by molar-refractivity contribution is -0.274. The molecule has 1 aromatic carbocycles. The first-order valence-electron chi connectivity index (χ1n) is 6.82. The van der Waals surface area contributed by atoms with Crippen molar-refractivity contribution in [3.05, 3.63) is 35.7 Å². The van der Waals surface area contributed by atoms with Crippen LogP contribution in [-0.4, -0.2) is 30.4 Å². The van der Waals surface area contributed by atoms with E-state index in [0.29, 0.717) is 17.6 Å². The molecule has 1 saturated heterocycles. The molecule has 0 radical (unpaired) electrons. The van der Waals surface area contributed by atoms with Gasteiger partial charge in [0.15, 0.2) is 0 Å². The van der Waals surface area contributed by atoms with E-state index in [9.17, 15) is 17.6 Å². The van der Waals surface area contributed by atoms with Crippen LogP contribution in [0.4, 0.5) is 17.6 Å². The van der Waals surface area contributed by atoms with Crippen molar-refractivity contribution in [3.63, 3.8) is 0 Å². The molecule has 0 saturated carbocycles. The largest absolute Gasteiger partial charge is 0.573 e. The van der Waals surface area contributed by atoms with Crippen LogP contribution < -0.4 is 4.74 Å². The van der Waals surface area contributed by atoms with Gasteiger partial charge in [0.25, 0.3) is 0 Å². The number of alkyl halides is 3. The van der Waals surface area contributed by atoms with Gasteiger partial charge < -0.3 is 4.74 Å². The molecule has 0 amide bonds. The summed E-state index contributed by atoms with van der Waals surface area (Å²) in [6, 6.07) is 4.01. The number of rotatable bonds is 2. The van der Waals surface area contributed by atoms with Gasteiger partial charge in [-0.05, 0) is 44.0 Å². The Bertz CT molecular complexity index is 582. The lowest BCUT2D eigenvalue weighted by Gasteiger charge is -2.30. The number of hydrogen-bond donors (Lipinski definition) is 0. The molecule has 21 heavy (non-hydrogen) atoms. The Kier molecular flexibility index (Phi) is 3.43. The van der Waals surface area contributed by atoms with Crippen LogP contribution in [0.3, 0.4) is 0 Å². The lowest BCUT2D eigenvalue weighted by atomic mass is 9.94. The Labute approximate surface area is 120 Å². The van der Waals surface area contributed by atoms with Gasteiger partial charge in [-0.25, -0.2) is 4.39 Å². The van der Waals surface area contributed by atoms with Crippen molar-refractivity contribution in [1.82, 2.24) is 4.90 Å². The number of hydrogen-bond acceptors (Lipinski definition) is 2. The molecule has 1 aromatic rings.